The second-order valence-electron chi connectivity index (χ2n) is 5.65. The molecule has 0 unspecified atom stereocenters. The van der Waals surface area contributed by atoms with Crippen LogP contribution in [0.3, 0.4) is 0 Å². The number of benzene rings is 1. The van der Waals surface area contributed by atoms with E-state index in [1.807, 2.05) is 12.1 Å². The summed E-state index contributed by atoms with van der Waals surface area (Å²) in [5.74, 6) is 0. The van der Waals surface area contributed by atoms with Gasteiger partial charge in [-0.05, 0) is 45.5 Å². The number of hydrogen-bond donors (Lipinski definition) is 1. The van der Waals surface area contributed by atoms with E-state index in [-0.39, 0.29) is 5.54 Å². The average Bonchev–Trinajstić information content (AvgIpc) is 2.26. The summed E-state index contributed by atoms with van der Waals surface area (Å²) in [7, 11) is 2.20. The smallest absolute Gasteiger partial charge is 0.0417 e. The molecule has 1 saturated heterocycles. The lowest BCUT2D eigenvalue weighted by atomic mass is 9.98. The van der Waals surface area contributed by atoms with Crippen LogP contribution in [0.25, 0.3) is 0 Å². The summed E-state index contributed by atoms with van der Waals surface area (Å²) in [5.41, 5.74) is 9.58. The summed E-state index contributed by atoms with van der Waals surface area (Å²) in [6.45, 7) is 9.91. The van der Waals surface area contributed by atoms with E-state index in [1.165, 1.54) is 11.3 Å². The molecule has 1 aliphatic heterocycles. The molecule has 1 aliphatic rings. The van der Waals surface area contributed by atoms with Crippen LogP contribution in [-0.2, 0) is 0 Å². The zero-order valence-electron chi connectivity index (χ0n) is 11.3. The minimum atomic E-state index is 0.218. The minimum absolute atomic E-state index is 0.218. The standard InChI is InChI=1S/C14H23N3/c1-11-12(15)6-5-7-13(11)17-9-8-16(4)14(2,3)10-17/h5-7H,8-10,15H2,1-4H3. The number of nitrogen functional groups attached to an aromatic ring is 1. The molecule has 1 aromatic rings. The van der Waals surface area contributed by atoms with Crippen molar-refractivity contribution in [2.24, 2.45) is 0 Å². The normalized spacial score (nSPS) is 20.6. The summed E-state index contributed by atoms with van der Waals surface area (Å²) in [6.07, 6.45) is 0. The Balaban J connectivity index is 2.27. The highest BCUT2D eigenvalue weighted by Gasteiger charge is 2.31. The molecular weight excluding hydrogens is 210 g/mol. The molecule has 1 aromatic carbocycles. The fourth-order valence-electron chi connectivity index (χ4n) is 2.43. The molecular formula is C14H23N3. The topological polar surface area (TPSA) is 32.5 Å². The van der Waals surface area contributed by atoms with Crippen LogP contribution >= 0.6 is 0 Å². The van der Waals surface area contributed by atoms with Crippen LogP contribution in [0.15, 0.2) is 18.2 Å². The van der Waals surface area contributed by atoms with E-state index in [2.05, 4.69) is 43.7 Å². The third-order valence-corrected chi connectivity index (χ3v) is 4.00. The van der Waals surface area contributed by atoms with E-state index >= 15 is 0 Å². The van der Waals surface area contributed by atoms with Gasteiger partial charge >= 0.3 is 0 Å². The first-order chi connectivity index (χ1) is 7.92. The highest BCUT2D eigenvalue weighted by atomic mass is 15.3. The van der Waals surface area contributed by atoms with Gasteiger partial charge in [0.05, 0.1) is 0 Å². The Morgan fingerprint density at radius 2 is 1.94 bits per heavy atom. The van der Waals surface area contributed by atoms with Crippen molar-refractivity contribution in [2.45, 2.75) is 26.3 Å². The molecule has 1 heterocycles. The zero-order valence-corrected chi connectivity index (χ0v) is 11.3. The van der Waals surface area contributed by atoms with Gasteiger partial charge in [-0.15, -0.1) is 0 Å². The van der Waals surface area contributed by atoms with Crippen LogP contribution in [-0.4, -0.2) is 37.1 Å². The van der Waals surface area contributed by atoms with Crippen molar-refractivity contribution in [2.75, 3.05) is 37.3 Å². The van der Waals surface area contributed by atoms with Gasteiger partial charge in [-0.25, -0.2) is 0 Å². The van der Waals surface area contributed by atoms with Crippen LogP contribution in [0.4, 0.5) is 11.4 Å². The molecule has 0 radical (unpaired) electrons. The minimum Gasteiger partial charge on any atom is -0.398 e. The Hall–Kier alpha value is -1.22. The van der Waals surface area contributed by atoms with Crippen LogP contribution < -0.4 is 10.6 Å². The molecule has 0 saturated carbocycles. The zero-order chi connectivity index (χ0) is 12.6. The van der Waals surface area contributed by atoms with Gasteiger partial charge in [-0.2, -0.15) is 0 Å². The maximum absolute atomic E-state index is 5.99. The quantitative estimate of drug-likeness (QED) is 0.754. The maximum Gasteiger partial charge on any atom is 0.0417 e. The fourth-order valence-corrected chi connectivity index (χ4v) is 2.43. The molecule has 2 N–H and O–H groups in total. The van der Waals surface area contributed by atoms with Gasteiger partial charge in [-0.3, -0.25) is 4.90 Å². The van der Waals surface area contributed by atoms with E-state index < -0.39 is 0 Å². The molecule has 0 aromatic heterocycles. The van der Waals surface area contributed by atoms with Crippen molar-refractivity contribution in [3.63, 3.8) is 0 Å². The van der Waals surface area contributed by atoms with E-state index in [0.29, 0.717) is 0 Å². The molecule has 2 rings (SSSR count). The summed E-state index contributed by atoms with van der Waals surface area (Å²) in [4.78, 5) is 4.87. The van der Waals surface area contributed by atoms with Crippen molar-refractivity contribution in [1.82, 2.24) is 4.90 Å². The van der Waals surface area contributed by atoms with Gasteiger partial charge < -0.3 is 10.6 Å². The van der Waals surface area contributed by atoms with Crippen molar-refractivity contribution in [3.8, 4) is 0 Å². The van der Waals surface area contributed by atoms with Crippen LogP contribution in [0.2, 0.25) is 0 Å². The van der Waals surface area contributed by atoms with E-state index in [9.17, 15) is 0 Å². The number of rotatable bonds is 1. The third-order valence-electron chi connectivity index (χ3n) is 4.00. The van der Waals surface area contributed by atoms with Crippen LogP contribution in [0.1, 0.15) is 19.4 Å². The molecule has 17 heavy (non-hydrogen) atoms. The lowest BCUT2D eigenvalue weighted by Gasteiger charge is -2.46. The molecule has 94 valence electrons. The second-order valence-corrected chi connectivity index (χ2v) is 5.65. The Kier molecular flexibility index (Phi) is 3.04. The highest BCUT2D eigenvalue weighted by Crippen LogP contribution is 2.29. The molecule has 0 bridgehead atoms. The number of likely N-dealkylation sites (N-methyl/N-ethyl adjacent to an activating group) is 1. The Morgan fingerprint density at radius 3 is 2.59 bits per heavy atom. The van der Waals surface area contributed by atoms with Crippen molar-refractivity contribution in [1.29, 1.82) is 0 Å². The summed E-state index contributed by atoms with van der Waals surface area (Å²) in [6, 6.07) is 6.19. The van der Waals surface area contributed by atoms with Gasteiger partial charge in [0.15, 0.2) is 0 Å². The second kappa shape index (κ2) is 4.22. The number of hydrogen-bond acceptors (Lipinski definition) is 3. The number of nitrogens with two attached hydrogens (primary N) is 1. The predicted molar refractivity (Wildman–Crippen MR) is 74.5 cm³/mol. The van der Waals surface area contributed by atoms with Crippen LogP contribution in [0.5, 0.6) is 0 Å². The average molecular weight is 233 g/mol. The van der Waals surface area contributed by atoms with Gasteiger partial charge in [0.1, 0.15) is 0 Å². The summed E-state index contributed by atoms with van der Waals surface area (Å²) >= 11 is 0. The summed E-state index contributed by atoms with van der Waals surface area (Å²) in [5, 5.41) is 0. The molecule has 3 heteroatoms. The first kappa shape index (κ1) is 12.2. The largest absolute Gasteiger partial charge is 0.398 e. The first-order valence-electron chi connectivity index (χ1n) is 6.23. The maximum atomic E-state index is 5.99. The Morgan fingerprint density at radius 1 is 1.24 bits per heavy atom. The monoisotopic (exact) mass is 233 g/mol. The Labute approximate surface area is 104 Å². The lowest BCUT2D eigenvalue weighted by molar-refractivity contribution is 0.139. The Bertz CT molecular complexity index is 412. The van der Waals surface area contributed by atoms with Gasteiger partial charge in [-0.1, -0.05) is 6.07 Å². The number of piperazine rings is 1. The highest BCUT2D eigenvalue weighted by molar-refractivity contribution is 5.64. The van der Waals surface area contributed by atoms with Crippen molar-refractivity contribution < 1.29 is 0 Å². The molecule has 0 aliphatic carbocycles. The third kappa shape index (κ3) is 2.25. The van der Waals surface area contributed by atoms with Gasteiger partial charge in [0.25, 0.3) is 0 Å². The number of anilines is 2. The molecule has 1 fully saturated rings. The first-order valence-corrected chi connectivity index (χ1v) is 6.23. The summed E-state index contributed by atoms with van der Waals surface area (Å²) < 4.78 is 0. The van der Waals surface area contributed by atoms with E-state index in [0.717, 1.165) is 25.3 Å². The van der Waals surface area contributed by atoms with Gasteiger partial charge in [0, 0.05) is 36.5 Å². The van der Waals surface area contributed by atoms with Crippen molar-refractivity contribution >= 4 is 11.4 Å². The predicted octanol–water partition coefficient (Wildman–Crippen LogP) is 2.11. The number of nitrogens with zero attached hydrogens (tertiary/aromatic N) is 2. The van der Waals surface area contributed by atoms with Crippen LogP contribution in [0, 0.1) is 6.92 Å². The van der Waals surface area contributed by atoms with Crippen molar-refractivity contribution in [3.05, 3.63) is 23.8 Å². The molecule has 0 spiro atoms. The van der Waals surface area contributed by atoms with E-state index in [1.54, 1.807) is 0 Å². The molecule has 3 nitrogen and oxygen atoms in total. The lowest BCUT2D eigenvalue weighted by Crippen LogP contribution is -2.57. The van der Waals surface area contributed by atoms with Gasteiger partial charge in [0.2, 0.25) is 0 Å². The fraction of sp³-hybridized carbons (Fsp3) is 0.571. The van der Waals surface area contributed by atoms with E-state index in [4.69, 9.17) is 5.73 Å². The molecule has 0 amide bonds. The molecule has 0 atom stereocenters. The SMILES string of the molecule is Cc1c(N)cccc1N1CCN(C)C(C)(C)C1.